The van der Waals surface area contributed by atoms with Crippen molar-refractivity contribution in [3.8, 4) is 11.5 Å². The van der Waals surface area contributed by atoms with Crippen molar-refractivity contribution in [2.45, 2.75) is 20.1 Å². The number of amides is 2. The van der Waals surface area contributed by atoms with E-state index in [1.165, 1.54) is 25.3 Å². The third-order valence-corrected chi connectivity index (χ3v) is 3.79. The molecule has 2 rings (SSSR count). The summed E-state index contributed by atoms with van der Waals surface area (Å²) in [5, 5.41) is 5.18. The largest absolute Gasteiger partial charge is 0.493 e. The van der Waals surface area contributed by atoms with Gasteiger partial charge in [0.2, 0.25) is 5.91 Å². The summed E-state index contributed by atoms with van der Waals surface area (Å²) in [5.74, 6) is -1.08. The van der Waals surface area contributed by atoms with Gasteiger partial charge >= 0.3 is 6.61 Å². The maximum absolute atomic E-state index is 12.3. The Hall–Kier alpha value is -3.16. The number of methoxy groups -OCH3 is 1. The molecular formula is C19H20F2N2O4. The minimum atomic E-state index is -3.00. The first kappa shape index (κ1) is 20.2. The van der Waals surface area contributed by atoms with Crippen LogP contribution in [0.15, 0.2) is 42.5 Å². The third-order valence-electron chi connectivity index (χ3n) is 3.79. The Labute approximate surface area is 155 Å². The third kappa shape index (κ3) is 5.95. The van der Waals surface area contributed by atoms with E-state index < -0.39 is 12.5 Å². The van der Waals surface area contributed by atoms with E-state index in [4.69, 9.17) is 4.74 Å². The van der Waals surface area contributed by atoms with Crippen molar-refractivity contribution in [2.75, 3.05) is 13.7 Å². The van der Waals surface area contributed by atoms with Crippen LogP contribution in [0.3, 0.4) is 0 Å². The summed E-state index contributed by atoms with van der Waals surface area (Å²) in [7, 11) is 1.27. The molecule has 0 bridgehead atoms. The Kier molecular flexibility index (Phi) is 7.10. The molecule has 0 spiro atoms. The summed E-state index contributed by atoms with van der Waals surface area (Å²) in [5.41, 5.74) is 2.19. The van der Waals surface area contributed by atoms with Gasteiger partial charge in [-0.3, -0.25) is 9.59 Å². The molecule has 0 aliphatic rings. The van der Waals surface area contributed by atoms with Gasteiger partial charge in [0.25, 0.3) is 5.91 Å². The van der Waals surface area contributed by atoms with Crippen molar-refractivity contribution in [3.05, 3.63) is 59.2 Å². The number of hydrogen-bond donors (Lipinski definition) is 2. The van der Waals surface area contributed by atoms with Crippen LogP contribution in [0, 0.1) is 6.92 Å². The number of carbonyl (C=O) groups excluding carboxylic acids is 2. The van der Waals surface area contributed by atoms with Gasteiger partial charge < -0.3 is 20.1 Å². The van der Waals surface area contributed by atoms with Crippen molar-refractivity contribution in [1.82, 2.24) is 10.6 Å². The molecule has 0 saturated carbocycles. The van der Waals surface area contributed by atoms with Crippen LogP contribution in [0.5, 0.6) is 11.5 Å². The van der Waals surface area contributed by atoms with E-state index in [1.54, 1.807) is 0 Å². The van der Waals surface area contributed by atoms with Gasteiger partial charge in [0.05, 0.1) is 13.7 Å². The fourth-order valence-electron chi connectivity index (χ4n) is 2.33. The Morgan fingerprint density at radius 2 is 1.81 bits per heavy atom. The van der Waals surface area contributed by atoms with Gasteiger partial charge in [-0.1, -0.05) is 24.3 Å². The molecule has 2 aromatic rings. The normalized spacial score (nSPS) is 10.4. The van der Waals surface area contributed by atoms with E-state index in [0.717, 1.165) is 11.1 Å². The van der Waals surface area contributed by atoms with E-state index in [-0.39, 0.29) is 29.5 Å². The van der Waals surface area contributed by atoms with E-state index in [0.29, 0.717) is 6.54 Å². The number of aryl methyl sites for hydroxylation is 1. The van der Waals surface area contributed by atoms with Crippen molar-refractivity contribution >= 4 is 11.8 Å². The molecule has 0 atom stereocenters. The molecule has 0 aliphatic heterocycles. The molecule has 2 N–H and O–H groups in total. The molecule has 0 aliphatic carbocycles. The molecular weight excluding hydrogens is 358 g/mol. The average molecular weight is 378 g/mol. The topological polar surface area (TPSA) is 76.7 Å². The molecule has 0 unspecified atom stereocenters. The van der Waals surface area contributed by atoms with Gasteiger partial charge in [0.15, 0.2) is 11.5 Å². The second kappa shape index (κ2) is 9.51. The maximum atomic E-state index is 12.3. The standard InChI is InChI=1S/C19H20F2N2O4/c1-12-5-3-4-6-14(12)10-22-17(24)11-23-18(25)13-7-8-15(27-19(20)21)16(9-13)26-2/h3-9,19H,10-11H2,1-2H3,(H,22,24)(H,23,25). The molecule has 2 aromatic carbocycles. The van der Waals surface area contributed by atoms with Crippen molar-refractivity contribution in [3.63, 3.8) is 0 Å². The number of halogens is 2. The van der Waals surface area contributed by atoms with Crippen molar-refractivity contribution < 1.29 is 27.8 Å². The van der Waals surface area contributed by atoms with E-state index in [9.17, 15) is 18.4 Å². The second-order valence-electron chi connectivity index (χ2n) is 5.63. The monoisotopic (exact) mass is 378 g/mol. The molecule has 0 radical (unpaired) electrons. The van der Waals surface area contributed by atoms with Gasteiger partial charge in [0, 0.05) is 12.1 Å². The number of carbonyl (C=O) groups is 2. The molecule has 8 heteroatoms. The first-order chi connectivity index (χ1) is 12.9. The molecule has 0 aromatic heterocycles. The molecule has 27 heavy (non-hydrogen) atoms. The lowest BCUT2D eigenvalue weighted by molar-refractivity contribution is -0.120. The highest BCUT2D eigenvalue weighted by Crippen LogP contribution is 2.29. The summed E-state index contributed by atoms with van der Waals surface area (Å²) < 4.78 is 33.9. The van der Waals surface area contributed by atoms with Crippen LogP contribution in [0.25, 0.3) is 0 Å². The van der Waals surface area contributed by atoms with Crippen LogP contribution >= 0.6 is 0 Å². The fourth-order valence-corrected chi connectivity index (χ4v) is 2.33. The van der Waals surface area contributed by atoms with Gasteiger partial charge in [-0.2, -0.15) is 8.78 Å². The van der Waals surface area contributed by atoms with Crippen LogP contribution in [-0.2, 0) is 11.3 Å². The zero-order valence-electron chi connectivity index (χ0n) is 14.9. The van der Waals surface area contributed by atoms with Crippen LogP contribution in [0.4, 0.5) is 8.78 Å². The highest BCUT2D eigenvalue weighted by atomic mass is 19.3. The highest BCUT2D eigenvalue weighted by molar-refractivity contribution is 5.97. The van der Waals surface area contributed by atoms with Crippen molar-refractivity contribution in [1.29, 1.82) is 0 Å². The summed E-state index contributed by atoms with van der Waals surface area (Å²) >= 11 is 0. The maximum Gasteiger partial charge on any atom is 0.387 e. The first-order valence-corrected chi connectivity index (χ1v) is 8.13. The second-order valence-corrected chi connectivity index (χ2v) is 5.63. The number of hydrogen-bond acceptors (Lipinski definition) is 4. The molecule has 0 fully saturated rings. The summed E-state index contributed by atoms with van der Waals surface area (Å²) in [4.78, 5) is 24.1. The number of benzene rings is 2. The average Bonchev–Trinajstić information content (AvgIpc) is 2.65. The van der Waals surface area contributed by atoms with Crippen LogP contribution in [0.2, 0.25) is 0 Å². The molecule has 2 amide bonds. The zero-order chi connectivity index (χ0) is 19.8. The van der Waals surface area contributed by atoms with Crippen LogP contribution in [-0.4, -0.2) is 32.1 Å². The molecule has 6 nitrogen and oxygen atoms in total. The summed E-state index contributed by atoms with van der Waals surface area (Å²) in [6.07, 6.45) is 0. The van der Waals surface area contributed by atoms with E-state index in [2.05, 4.69) is 15.4 Å². The highest BCUT2D eigenvalue weighted by Gasteiger charge is 2.15. The zero-order valence-corrected chi connectivity index (χ0v) is 14.9. The van der Waals surface area contributed by atoms with Gasteiger partial charge in [-0.05, 0) is 36.2 Å². The summed E-state index contributed by atoms with van der Waals surface area (Å²) in [6.45, 7) is -0.926. The molecule has 0 saturated heterocycles. The quantitative estimate of drug-likeness (QED) is 0.741. The Bertz CT molecular complexity index is 812. The fraction of sp³-hybridized carbons (Fsp3) is 0.263. The number of alkyl halides is 2. The lowest BCUT2D eigenvalue weighted by Crippen LogP contribution is -2.36. The minimum absolute atomic E-state index is 0.00745. The SMILES string of the molecule is COc1cc(C(=O)NCC(=O)NCc2ccccc2C)ccc1OC(F)F. The number of rotatable bonds is 8. The van der Waals surface area contributed by atoms with Gasteiger partial charge in [0.1, 0.15) is 0 Å². The Morgan fingerprint density at radius 3 is 2.48 bits per heavy atom. The minimum Gasteiger partial charge on any atom is -0.493 e. The molecule has 0 heterocycles. The van der Waals surface area contributed by atoms with Gasteiger partial charge in [-0.15, -0.1) is 0 Å². The van der Waals surface area contributed by atoms with E-state index in [1.807, 2.05) is 31.2 Å². The van der Waals surface area contributed by atoms with Crippen LogP contribution in [0.1, 0.15) is 21.5 Å². The van der Waals surface area contributed by atoms with Gasteiger partial charge in [-0.25, -0.2) is 0 Å². The number of ether oxygens (including phenoxy) is 2. The van der Waals surface area contributed by atoms with Crippen molar-refractivity contribution in [2.24, 2.45) is 0 Å². The molecule has 144 valence electrons. The smallest absolute Gasteiger partial charge is 0.387 e. The summed E-state index contributed by atoms with van der Waals surface area (Å²) in [6, 6.07) is 11.4. The predicted molar refractivity (Wildman–Crippen MR) is 95.0 cm³/mol. The lowest BCUT2D eigenvalue weighted by atomic mass is 10.1. The van der Waals surface area contributed by atoms with E-state index >= 15 is 0 Å². The first-order valence-electron chi connectivity index (χ1n) is 8.13. The predicted octanol–water partition coefficient (Wildman–Crippen LogP) is 2.65. The lowest BCUT2D eigenvalue weighted by Gasteiger charge is -2.12. The van der Waals surface area contributed by atoms with Crippen LogP contribution < -0.4 is 20.1 Å². The number of nitrogens with one attached hydrogen (secondary N) is 2. The Balaban J connectivity index is 1.89. The Morgan fingerprint density at radius 1 is 1.07 bits per heavy atom.